The molecule has 2 fully saturated rings. The number of carbonyl (C=O) groups is 4. The molecule has 1 aliphatic heterocycles. The van der Waals surface area contributed by atoms with Crippen LogP contribution in [0.4, 0.5) is 13.2 Å². The molecule has 14 heteroatoms. The smallest absolute Gasteiger partial charge is 0.475 e. The molecule has 2 amide bonds. The van der Waals surface area contributed by atoms with Crippen LogP contribution in [0.3, 0.4) is 0 Å². The first-order valence-corrected chi connectivity index (χ1v) is 18.6. The van der Waals surface area contributed by atoms with E-state index in [0.717, 1.165) is 22.3 Å². The van der Waals surface area contributed by atoms with Gasteiger partial charge in [-0.1, -0.05) is 91.0 Å². The van der Waals surface area contributed by atoms with Crippen molar-refractivity contribution in [3.8, 4) is 0 Å². The molecule has 3 heterocycles. The van der Waals surface area contributed by atoms with Gasteiger partial charge in [0.25, 0.3) is 0 Å². The van der Waals surface area contributed by atoms with Gasteiger partial charge in [0.2, 0.25) is 11.8 Å². The molecule has 11 nitrogen and oxygen atoms in total. The number of carboxylic acids is 1. The molecule has 2 aromatic heterocycles. The molecular formula is C45H37F3N4O7. The van der Waals surface area contributed by atoms with Crippen molar-refractivity contribution in [1.82, 2.24) is 14.9 Å². The van der Waals surface area contributed by atoms with Crippen molar-refractivity contribution < 1.29 is 47.3 Å². The molecule has 3 aromatic carbocycles. The van der Waals surface area contributed by atoms with Crippen molar-refractivity contribution in [2.75, 3.05) is 13.2 Å². The van der Waals surface area contributed by atoms with Gasteiger partial charge in [-0.2, -0.15) is 13.2 Å². The number of pyridine rings is 2. The van der Waals surface area contributed by atoms with E-state index >= 15 is 0 Å². The Hall–Kier alpha value is -6.77. The van der Waals surface area contributed by atoms with E-state index in [-0.39, 0.29) is 25.0 Å². The van der Waals surface area contributed by atoms with Crippen molar-refractivity contribution >= 4 is 29.3 Å². The first-order valence-electron chi connectivity index (χ1n) is 18.6. The summed E-state index contributed by atoms with van der Waals surface area (Å²) < 4.78 is 37.3. The second kappa shape index (κ2) is 16.6. The number of aromatic nitrogens is 2. The van der Waals surface area contributed by atoms with Crippen LogP contribution in [-0.2, 0) is 31.3 Å². The van der Waals surface area contributed by atoms with E-state index in [1.165, 1.54) is 4.90 Å². The summed E-state index contributed by atoms with van der Waals surface area (Å²) in [6, 6.07) is 37.0. The maximum absolute atomic E-state index is 14.6. The molecule has 1 saturated carbocycles. The molecule has 2 bridgehead atoms. The summed E-state index contributed by atoms with van der Waals surface area (Å²) >= 11 is 0. The lowest BCUT2D eigenvalue weighted by atomic mass is 9.71. The summed E-state index contributed by atoms with van der Waals surface area (Å²) in [5, 5.41) is 20.2. The summed E-state index contributed by atoms with van der Waals surface area (Å²) in [7, 11) is 0. The van der Waals surface area contributed by atoms with Gasteiger partial charge in [-0.3, -0.25) is 24.5 Å². The minimum absolute atomic E-state index is 0.0832. The third kappa shape index (κ3) is 7.67. The summed E-state index contributed by atoms with van der Waals surface area (Å²) in [4.78, 5) is 61.2. The SMILES string of the molecule is NCc1ccc(C(=O)OCCN2C(=O)C3C4C=C(C(O)(c5ccccc5)c5ccccn5)C(C4=C(c4ccccc4)c4ccccn4)C3C2=O)cc1.O=C(O)C(F)(F)F. The average molecular weight is 803 g/mol. The van der Waals surface area contributed by atoms with Gasteiger partial charge in [-0.05, 0) is 64.2 Å². The normalized spacial score (nSPS) is 21.2. The summed E-state index contributed by atoms with van der Waals surface area (Å²) in [5.41, 5.74) is 10.1. The van der Waals surface area contributed by atoms with E-state index in [2.05, 4.69) is 4.98 Å². The van der Waals surface area contributed by atoms with Crippen molar-refractivity contribution in [3.05, 3.63) is 185 Å². The standard InChI is InChI=1S/C43H36N4O5.C2HF3O2/c44-26-27-17-19-29(20-18-27)42(50)52-24-23-47-40(48)37-31-25-32(43(51,30-13-5-2-6-14-30)34-16-8-10-22-46-34)38(39(37)41(47)49)36(31)35(28-11-3-1-4-12-28)33-15-7-9-21-45-33;3-2(4,5)1(6)7/h1-22,25,31,37-39,51H,23-24,26,44H2;(H,6,7). The number of amides is 2. The third-order valence-corrected chi connectivity index (χ3v) is 10.8. The lowest BCUT2D eigenvalue weighted by Crippen LogP contribution is -2.39. The summed E-state index contributed by atoms with van der Waals surface area (Å²) in [5.74, 6) is -6.69. The highest BCUT2D eigenvalue weighted by Crippen LogP contribution is 2.64. The number of rotatable bonds is 10. The van der Waals surface area contributed by atoms with Crippen LogP contribution in [0.2, 0.25) is 0 Å². The van der Waals surface area contributed by atoms with Crippen molar-refractivity contribution in [2.24, 2.45) is 29.4 Å². The van der Waals surface area contributed by atoms with E-state index < -0.39 is 47.4 Å². The number of halogens is 3. The zero-order valence-corrected chi connectivity index (χ0v) is 31.2. The van der Waals surface area contributed by atoms with Crippen LogP contribution in [0, 0.1) is 23.7 Å². The second-order valence-corrected chi connectivity index (χ2v) is 14.0. The van der Waals surface area contributed by atoms with Gasteiger partial charge in [0.15, 0.2) is 5.60 Å². The molecule has 5 unspecified atom stereocenters. The van der Waals surface area contributed by atoms with Gasteiger partial charge >= 0.3 is 18.1 Å². The minimum atomic E-state index is -5.08. The fourth-order valence-corrected chi connectivity index (χ4v) is 8.22. The van der Waals surface area contributed by atoms with Gasteiger partial charge in [0.05, 0.1) is 35.3 Å². The largest absolute Gasteiger partial charge is 0.490 e. The number of esters is 1. The molecule has 5 atom stereocenters. The highest BCUT2D eigenvalue weighted by atomic mass is 19.4. The number of fused-ring (bicyclic) bond motifs is 5. The Balaban J connectivity index is 0.000000694. The number of carbonyl (C=O) groups excluding carboxylic acids is 3. The Morgan fingerprint density at radius 3 is 1.93 bits per heavy atom. The van der Waals surface area contributed by atoms with Gasteiger partial charge in [0.1, 0.15) is 6.61 Å². The fourth-order valence-electron chi connectivity index (χ4n) is 8.22. The molecule has 5 aromatic rings. The molecular weight excluding hydrogens is 766 g/mol. The van der Waals surface area contributed by atoms with Crippen LogP contribution < -0.4 is 5.73 Å². The number of aliphatic hydroxyl groups is 1. The van der Waals surface area contributed by atoms with E-state index in [0.29, 0.717) is 34.6 Å². The van der Waals surface area contributed by atoms with Crippen LogP contribution in [0.25, 0.3) is 5.57 Å². The Morgan fingerprint density at radius 2 is 1.36 bits per heavy atom. The molecule has 0 radical (unpaired) electrons. The van der Waals surface area contributed by atoms with Crippen LogP contribution >= 0.6 is 0 Å². The van der Waals surface area contributed by atoms with Crippen LogP contribution in [0.1, 0.15) is 38.4 Å². The number of hydrogen-bond donors (Lipinski definition) is 3. The van der Waals surface area contributed by atoms with Gasteiger partial charge in [0, 0.05) is 36.3 Å². The number of hydrogen-bond acceptors (Lipinski definition) is 9. The Labute approximate surface area is 336 Å². The Kier molecular flexibility index (Phi) is 11.4. The molecule has 1 saturated heterocycles. The molecule has 8 rings (SSSR count). The molecule has 0 spiro atoms. The molecule has 3 aliphatic rings. The number of nitrogens with two attached hydrogens (primary N) is 1. The lowest BCUT2D eigenvalue weighted by molar-refractivity contribution is -0.192. The number of allylic oxidation sites excluding steroid dienone is 2. The Morgan fingerprint density at radius 1 is 0.763 bits per heavy atom. The van der Waals surface area contributed by atoms with Gasteiger partial charge < -0.3 is 20.7 Å². The molecule has 4 N–H and O–H groups in total. The number of nitrogens with zero attached hydrogens (tertiary/aromatic N) is 3. The van der Waals surface area contributed by atoms with Crippen molar-refractivity contribution in [1.29, 1.82) is 0 Å². The zero-order chi connectivity index (χ0) is 41.9. The van der Waals surface area contributed by atoms with Crippen molar-refractivity contribution in [3.63, 3.8) is 0 Å². The summed E-state index contributed by atoms with van der Waals surface area (Å²) in [6.45, 7) is 0.115. The average Bonchev–Trinajstić information content (AvgIpc) is 3.87. The number of benzene rings is 3. The highest BCUT2D eigenvalue weighted by Gasteiger charge is 2.66. The topological polar surface area (TPSA) is 173 Å². The Bertz CT molecular complexity index is 2330. The minimum Gasteiger partial charge on any atom is -0.475 e. The predicted octanol–water partition coefficient (Wildman–Crippen LogP) is 5.95. The first-order chi connectivity index (χ1) is 28.4. The van der Waals surface area contributed by atoms with E-state index in [1.807, 2.05) is 91.0 Å². The van der Waals surface area contributed by atoms with E-state index in [4.69, 9.17) is 25.4 Å². The number of ether oxygens (including phenoxy) is 1. The summed E-state index contributed by atoms with van der Waals surface area (Å²) in [6.07, 6.45) is 0.263. The number of imide groups is 1. The van der Waals surface area contributed by atoms with Crippen molar-refractivity contribution in [2.45, 2.75) is 18.3 Å². The monoisotopic (exact) mass is 802 g/mol. The maximum Gasteiger partial charge on any atom is 0.490 e. The van der Waals surface area contributed by atoms with E-state index in [1.54, 1.807) is 48.8 Å². The van der Waals surface area contributed by atoms with E-state index in [9.17, 15) is 32.7 Å². The third-order valence-electron chi connectivity index (χ3n) is 10.8. The van der Waals surface area contributed by atoms with Crippen LogP contribution in [0.5, 0.6) is 0 Å². The molecule has 59 heavy (non-hydrogen) atoms. The quantitative estimate of drug-likeness (QED) is 0.0871. The molecule has 300 valence electrons. The number of likely N-dealkylation sites (tertiary alicyclic amines) is 1. The predicted molar refractivity (Wildman–Crippen MR) is 207 cm³/mol. The second-order valence-electron chi connectivity index (χ2n) is 14.0. The van der Waals surface area contributed by atoms with Gasteiger partial charge in [-0.25, -0.2) is 9.59 Å². The highest BCUT2D eigenvalue weighted by molar-refractivity contribution is 6.08. The molecule has 2 aliphatic carbocycles. The first kappa shape index (κ1) is 40.4. The number of aliphatic carboxylic acids is 1. The number of alkyl halides is 3. The zero-order valence-electron chi connectivity index (χ0n) is 31.2. The van der Waals surface area contributed by atoms with Gasteiger partial charge in [-0.15, -0.1) is 0 Å². The number of carboxylic acid groups (broad SMARTS) is 1. The van der Waals surface area contributed by atoms with Crippen LogP contribution in [-0.4, -0.2) is 68.2 Å². The lowest BCUT2D eigenvalue weighted by Gasteiger charge is -2.36. The van der Waals surface area contributed by atoms with Crippen LogP contribution in [0.15, 0.2) is 151 Å². The maximum atomic E-state index is 14.6. The fraction of sp³-hybridized carbons (Fsp3) is 0.200.